The summed E-state index contributed by atoms with van der Waals surface area (Å²) in [4.78, 5) is 4.48. The number of aliphatic imine (C=N–C) groups is 1. The van der Waals surface area contributed by atoms with Crippen LogP contribution in [0, 0.1) is 0 Å². The molecule has 0 aliphatic carbocycles. The highest BCUT2D eigenvalue weighted by Crippen LogP contribution is 2.23. The Morgan fingerprint density at radius 3 is 2.54 bits per heavy atom. The van der Waals surface area contributed by atoms with Crippen molar-refractivity contribution in [3.63, 3.8) is 0 Å². The maximum Gasteiger partial charge on any atom is 0.191 e. The molecule has 0 aliphatic heterocycles. The van der Waals surface area contributed by atoms with E-state index in [1.54, 1.807) is 18.3 Å². The standard InChI is InChI=1S/C18H33N3O3S.HI/c1-4-6-9-23-11-12-24-10-8-20-17(19-5-2)21-15-18(3,22)16-7-13-25-14-16;/h7,13-14,22H,4-6,8-12,15H2,1-3H3,(H2,19,20,21);1H. The minimum atomic E-state index is -0.964. The number of nitrogens with one attached hydrogen (secondary N) is 2. The number of thiophene rings is 1. The lowest BCUT2D eigenvalue weighted by molar-refractivity contribution is 0.0486. The smallest absolute Gasteiger partial charge is 0.191 e. The lowest BCUT2D eigenvalue weighted by atomic mass is 10.00. The highest BCUT2D eigenvalue weighted by Gasteiger charge is 2.23. The number of ether oxygens (including phenoxy) is 2. The molecule has 1 rings (SSSR count). The van der Waals surface area contributed by atoms with Crippen molar-refractivity contribution in [1.29, 1.82) is 0 Å². The molecule has 152 valence electrons. The second kappa shape index (κ2) is 15.6. The number of rotatable bonds is 13. The van der Waals surface area contributed by atoms with Gasteiger partial charge in [-0.25, -0.2) is 4.99 Å². The Bertz CT molecular complexity index is 470. The van der Waals surface area contributed by atoms with Gasteiger partial charge in [0.25, 0.3) is 0 Å². The first-order valence-electron chi connectivity index (χ1n) is 9.03. The number of hydrogen-bond acceptors (Lipinski definition) is 5. The molecule has 26 heavy (non-hydrogen) atoms. The van der Waals surface area contributed by atoms with Crippen LogP contribution in [0.2, 0.25) is 0 Å². The fourth-order valence-electron chi connectivity index (χ4n) is 2.05. The predicted octanol–water partition coefficient (Wildman–Crippen LogP) is 2.96. The molecule has 8 heteroatoms. The van der Waals surface area contributed by atoms with E-state index in [0.717, 1.165) is 31.6 Å². The summed E-state index contributed by atoms with van der Waals surface area (Å²) >= 11 is 1.57. The molecule has 0 saturated heterocycles. The molecule has 1 aromatic heterocycles. The number of guanidine groups is 1. The molecular weight excluding hydrogens is 465 g/mol. The van der Waals surface area contributed by atoms with Crippen LogP contribution in [0.5, 0.6) is 0 Å². The van der Waals surface area contributed by atoms with E-state index in [1.807, 2.05) is 23.8 Å². The average molecular weight is 499 g/mol. The van der Waals surface area contributed by atoms with E-state index < -0.39 is 5.60 Å². The van der Waals surface area contributed by atoms with E-state index in [0.29, 0.717) is 38.9 Å². The molecular formula is C18H34IN3O3S. The van der Waals surface area contributed by atoms with Gasteiger partial charge in [-0.05, 0) is 42.7 Å². The highest BCUT2D eigenvalue weighted by molar-refractivity contribution is 14.0. The van der Waals surface area contributed by atoms with Gasteiger partial charge in [0.2, 0.25) is 0 Å². The summed E-state index contributed by atoms with van der Waals surface area (Å²) in [5.74, 6) is 0.681. The van der Waals surface area contributed by atoms with Gasteiger partial charge >= 0.3 is 0 Å². The Labute approximate surface area is 178 Å². The third-order valence-electron chi connectivity index (χ3n) is 3.59. The predicted molar refractivity (Wildman–Crippen MR) is 120 cm³/mol. The Hall–Kier alpha value is -0.420. The first kappa shape index (κ1) is 25.6. The van der Waals surface area contributed by atoms with Crippen molar-refractivity contribution < 1.29 is 14.6 Å². The van der Waals surface area contributed by atoms with Crippen LogP contribution >= 0.6 is 35.3 Å². The maximum atomic E-state index is 10.5. The van der Waals surface area contributed by atoms with Gasteiger partial charge in [0, 0.05) is 19.7 Å². The van der Waals surface area contributed by atoms with Crippen LogP contribution in [0.3, 0.4) is 0 Å². The monoisotopic (exact) mass is 499 g/mol. The Morgan fingerprint density at radius 1 is 1.19 bits per heavy atom. The van der Waals surface area contributed by atoms with Gasteiger partial charge in [-0.15, -0.1) is 24.0 Å². The van der Waals surface area contributed by atoms with E-state index in [2.05, 4.69) is 22.5 Å². The van der Waals surface area contributed by atoms with E-state index >= 15 is 0 Å². The van der Waals surface area contributed by atoms with Gasteiger partial charge < -0.3 is 25.2 Å². The van der Waals surface area contributed by atoms with Crippen LogP contribution in [0.1, 0.15) is 39.2 Å². The fourth-order valence-corrected chi connectivity index (χ4v) is 2.83. The van der Waals surface area contributed by atoms with Gasteiger partial charge in [-0.2, -0.15) is 11.3 Å². The van der Waals surface area contributed by atoms with E-state index in [9.17, 15) is 5.11 Å². The van der Waals surface area contributed by atoms with Crippen molar-refractivity contribution in [2.24, 2.45) is 4.99 Å². The second-order valence-corrected chi connectivity index (χ2v) is 6.77. The molecule has 0 aromatic carbocycles. The minimum Gasteiger partial charge on any atom is -0.383 e. The van der Waals surface area contributed by atoms with Gasteiger partial charge in [-0.1, -0.05) is 13.3 Å². The van der Waals surface area contributed by atoms with Crippen molar-refractivity contribution in [2.45, 2.75) is 39.2 Å². The molecule has 0 aliphatic rings. The summed E-state index contributed by atoms with van der Waals surface area (Å²) in [6.45, 7) is 10.3. The Kier molecular flexibility index (Phi) is 15.4. The first-order valence-corrected chi connectivity index (χ1v) is 9.97. The SMILES string of the molecule is CCCCOCCOCCNC(=NCC(C)(O)c1ccsc1)NCC.I. The number of nitrogens with zero attached hydrogens (tertiary/aromatic N) is 1. The summed E-state index contributed by atoms with van der Waals surface area (Å²) in [6.07, 6.45) is 2.25. The van der Waals surface area contributed by atoms with Crippen LogP contribution in [-0.4, -0.2) is 57.1 Å². The maximum absolute atomic E-state index is 10.5. The van der Waals surface area contributed by atoms with Gasteiger partial charge in [0.1, 0.15) is 5.60 Å². The lowest BCUT2D eigenvalue weighted by Crippen LogP contribution is -2.40. The molecule has 0 bridgehead atoms. The van der Waals surface area contributed by atoms with Crippen LogP contribution < -0.4 is 10.6 Å². The molecule has 0 amide bonds. The van der Waals surface area contributed by atoms with Crippen LogP contribution in [0.4, 0.5) is 0 Å². The Morgan fingerprint density at radius 2 is 1.92 bits per heavy atom. The van der Waals surface area contributed by atoms with Crippen molar-refractivity contribution in [1.82, 2.24) is 10.6 Å². The minimum absolute atomic E-state index is 0. The topological polar surface area (TPSA) is 75.1 Å². The van der Waals surface area contributed by atoms with Gasteiger partial charge in [0.15, 0.2) is 5.96 Å². The van der Waals surface area contributed by atoms with E-state index in [1.165, 1.54) is 0 Å². The zero-order valence-electron chi connectivity index (χ0n) is 16.1. The molecule has 0 radical (unpaired) electrons. The van der Waals surface area contributed by atoms with E-state index in [-0.39, 0.29) is 24.0 Å². The molecule has 1 aromatic rings. The van der Waals surface area contributed by atoms with Crippen LogP contribution in [-0.2, 0) is 15.1 Å². The summed E-state index contributed by atoms with van der Waals surface area (Å²) in [5, 5.41) is 20.8. The molecule has 1 unspecified atom stereocenters. The van der Waals surface area contributed by atoms with Crippen molar-refractivity contribution in [2.75, 3.05) is 46.1 Å². The molecule has 0 spiro atoms. The van der Waals surface area contributed by atoms with Gasteiger partial charge in [0.05, 0.1) is 26.4 Å². The number of aliphatic hydroxyl groups is 1. The first-order chi connectivity index (χ1) is 12.1. The van der Waals surface area contributed by atoms with Crippen LogP contribution in [0.25, 0.3) is 0 Å². The fraction of sp³-hybridized carbons (Fsp3) is 0.722. The quantitative estimate of drug-likeness (QED) is 0.169. The summed E-state index contributed by atoms with van der Waals surface area (Å²) in [7, 11) is 0. The average Bonchev–Trinajstić information content (AvgIpc) is 3.13. The number of unbranched alkanes of at least 4 members (excludes halogenated alkanes) is 1. The van der Waals surface area contributed by atoms with Crippen LogP contribution in [0.15, 0.2) is 21.8 Å². The molecule has 3 N–H and O–H groups in total. The zero-order valence-corrected chi connectivity index (χ0v) is 19.3. The zero-order chi connectivity index (χ0) is 18.4. The second-order valence-electron chi connectivity index (χ2n) is 5.99. The highest BCUT2D eigenvalue weighted by atomic mass is 127. The Balaban J connectivity index is 0.00000625. The van der Waals surface area contributed by atoms with Crippen molar-refractivity contribution >= 4 is 41.3 Å². The third-order valence-corrected chi connectivity index (χ3v) is 4.27. The number of hydrogen-bond donors (Lipinski definition) is 3. The number of halogens is 1. The summed E-state index contributed by atoms with van der Waals surface area (Å²) in [5.41, 5.74) is -0.0715. The normalized spacial score (nSPS) is 13.8. The molecule has 0 fully saturated rings. The van der Waals surface area contributed by atoms with Crippen molar-refractivity contribution in [3.05, 3.63) is 22.4 Å². The molecule has 6 nitrogen and oxygen atoms in total. The summed E-state index contributed by atoms with van der Waals surface area (Å²) < 4.78 is 11.0. The molecule has 1 heterocycles. The van der Waals surface area contributed by atoms with Gasteiger partial charge in [-0.3, -0.25) is 0 Å². The van der Waals surface area contributed by atoms with Crippen molar-refractivity contribution in [3.8, 4) is 0 Å². The molecule has 1 atom stereocenters. The molecule has 0 saturated carbocycles. The third kappa shape index (κ3) is 11.3. The summed E-state index contributed by atoms with van der Waals surface area (Å²) in [6, 6.07) is 1.93. The van der Waals surface area contributed by atoms with E-state index in [4.69, 9.17) is 9.47 Å². The lowest BCUT2D eigenvalue weighted by Gasteiger charge is -2.21. The largest absolute Gasteiger partial charge is 0.383 e.